The second-order valence-electron chi connectivity index (χ2n) is 7.44. The molecule has 3 aromatic heterocycles. The number of hydrogen-bond donors (Lipinski definition) is 2. The van der Waals surface area contributed by atoms with Crippen molar-refractivity contribution in [3.63, 3.8) is 0 Å². The summed E-state index contributed by atoms with van der Waals surface area (Å²) in [5.74, 6) is 0.428. The first-order valence-electron chi connectivity index (χ1n) is 10.1. The maximum absolute atomic E-state index is 13.5. The number of nitrogens with zero attached hydrogens (tertiary/aromatic N) is 5. The van der Waals surface area contributed by atoms with Crippen LogP contribution in [-0.2, 0) is 11.3 Å². The van der Waals surface area contributed by atoms with Crippen molar-refractivity contribution in [2.24, 2.45) is 5.73 Å². The number of aryl methyl sites for hydroxylation is 1. The fourth-order valence-corrected chi connectivity index (χ4v) is 4.01. The van der Waals surface area contributed by atoms with E-state index in [1.807, 2.05) is 0 Å². The third kappa shape index (κ3) is 3.17. The first kappa shape index (κ1) is 18.9. The number of imidazole rings is 2. The smallest absolute Gasteiger partial charge is 0.330 e. The van der Waals surface area contributed by atoms with Gasteiger partial charge >= 0.3 is 5.69 Å². The van der Waals surface area contributed by atoms with E-state index < -0.39 is 0 Å². The first-order chi connectivity index (χ1) is 14.7. The maximum Gasteiger partial charge on any atom is 0.330 e. The monoisotopic (exact) mass is 411 g/mol. The molecule has 0 aliphatic carbocycles. The standard InChI is InChI=1S/C20H22FN7O2/c21-12-2-3-14-15(10-12)25-18(24-14)17-23-11-16-19(26-17)27(7-1-6-22)20(29)28(16)13-4-8-30-9-5-13/h2-3,10-11,13H,1,4-9,22H2,(H,24,25). The summed E-state index contributed by atoms with van der Waals surface area (Å²) in [7, 11) is 0. The SMILES string of the molecule is NCCCn1c(=O)n(C2CCOCC2)c2cnc(-c3nc4ccc(F)cc4[nH]3)nc21. The van der Waals surface area contributed by atoms with Gasteiger partial charge < -0.3 is 15.5 Å². The Morgan fingerprint density at radius 1 is 1.27 bits per heavy atom. The highest BCUT2D eigenvalue weighted by molar-refractivity contribution is 5.79. The van der Waals surface area contributed by atoms with Gasteiger partial charge in [-0.05, 0) is 44.0 Å². The minimum Gasteiger partial charge on any atom is -0.381 e. The summed E-state index contributed by atoms with van der Waals surface area (Å²) in [5.41, 5.74) is 8.00. The summed E-state index contributed by atoms with van der Waals surface area (Å²) in [5, 5.41) is 0. The Morgan fingerprint density at radius 3 is 2.90 bits per heavy atom. The van der Waals surface area contributed by atoms with Gasteiger partial charge in [0.05, 0.1) is 17.2 Å². The highest BCUT2D eigenvalue weighted by Crippen LogP contribution is 2.25. The number of H-pyrrole nitrogens is 1. The lowest BCUT2D eigenvalue weighted by Gasteiger charge is -2.23. The summed E-state index contributed by atoms with van der Waals surface area (Å²) in [6, 6.07) is 4.39. The molecular weight excluding hydrogens is 389 g/mol. The van der Waals surface area contributed by atoms with Crippen LogP contribution in [0.1, 0.15) is 25.3 Å². The van der Waals surface area contributed by atoms with Gasteiger partial charge in [0, 0.05) is 25.8 Å². The number of fused-ring (bicyclic) bond motifs is 2. The van der Waals surface area contributed by atoms with E-state index in [-0.39, 0.29) is 17.5 Å². The number of halogens is 1. The summed E-state index contributed by atoms with van der Waals surface area (Å²) < 4.78 is 22.4. The molecule has 30 heavy (non-hydrogen) atoms. The van der Waals surface area contributed by atoms with Crippen LogP contribution in [0.5, 0.6) is 0 Å². The molecule has 1 aliphatic heterocycles. The van der Waals surface area contributed by atoms with Crippen molar-refractivity contribution >= 4 is 22.2 Å². The molecule has 0 radical (unpaired) electrons. The number of hydrogen-bond acceptors (Lipinski definition) is 6. The van der Waals surface area contributed by atoms with Gasteiger partial charge in [-0.1, -0.05) is 0 Å². The van der Waals surface area contributed by atoms with Crippen molar-refractivity contribution in [2.45, 2.75) is 31.8 Å². The van der Waals surface area contributed by atoms with Gasteiger partial charge in [-0.15, -0.1) is 0 Å². The molecule has 3 N–H and O–H groups in total. The molecule has 9 nitrogen and oxygen atoms in total. The highest BCUT2D eigenvalue weighted by atomic mass is 19.1. The summed E-state index contributed by atoms with van der Waals surface area (Å²) in [4.78, 5) is 29.9. The molecule has 1 saturated heterocycles. The van der Waals surface area contributed by atoms with Gasteiger partial charge in [0.2, 0.25) is 0 Å². The predicted octanol–water partition coefficient (Wildman–Crippen LogP) is 1.98. The number of rotatable bonds is 5. The Kier molecular flexibility index (Phi) is 4.80. The molecule has 0 saturated carbocycles. The molecule has 10 heteroatoms. The van der Waals surface area contributed by atoms with Crippen LogP contribution in [0.2, 0.25) is 0 Å². The molecule has 1 fully saturated rings. The summed E-state index contributed by atoms with van der Waals surface area (Å²) in [6.07, 6.45) is 3.87. The largest absolute Gasteiger partial charge is 0.381 e. The Morgan fingerprint density at radius 2 is 2.10 bits per heavy atom. The zero-order chi connectivity index (χ0) is 20.7. The summed E-state index contributed by atoms with van der Waals surface area (Å²) in [6.45, 7) is 2.20. The van der Waals surface area contributed by atoms with E-state index in [1.54, 1.807) is 21.4 Å². The van der Waals surface area contributed by atoms with Crippen LogP contribution in [-0.4, -0.2) is 48.8 Å². The number of ether oxygens (including phenoxy) is 1. The minimum atomic E-state index is -0.349. The Labute approximate surface area is 170 Å². The highest BCUT2D eigenvalue weighted by Gasteiger charge is 2.24. The lowest BCUT2D eigenvalue weighted by molar-refractivity contribution is 0.0696. The van der Waals surface area contributed by atoms with Crippen LogP contribution >= 0.6 is 0 Å². The second kappa shape index (κ2) is 7.62. The van der Waals surface area contributed by atoms with E-state index in [4.69, 9.17) is 10.5 Å². The topological polar surface area (TPSA) is 117 Å². The van der Waals surface area contributed by atoms with Gasteiger partial charge in [0.15, 0.2) is 17.3 Å². The maximum atomic E-state index is 13.5. The lowest BCUT2D eigenvalue weighted by atomic mass is 10.1. The Balaban J connectivity index is 1.65. The number of nitrogens with two attached hydrogens (primary N) is 1. The molecule has 4 aromatic rings. The van der Waals surface area contributed by atoms with Crippen molar-refractivity contribution in [1.29, 1.82) is 0 Å². The predicted molar refractivity (Wildman–Crippen MR) is 110 cm³/mol. The Bertz CT molecular complexity index is 1270. The van der Waals surface area contributed by atoms with E-state index in [2.05, 4.69) is 19.9 Å². The van der Waals surface area contributed by atoms with Crippen molar-refractivity contribution in [2.75, 3.05) is 19.8 Å². The quantitative estimate of drug-likeness (QED) is 0.519. The number of aromatic nitrogens is 6. The van der Waals surface area contributed by atoms with Crippen LogP contribution in [0.25, 0.3) is 33.8 Å². The van der Waals surface area contributed by atoms with Crippen LogP contribution in [0.3, 0.4) is 0 Å². The summed E-state index contributed by atoms with van der Waals surface area (Å²) >= 11 is 0. The molecule has 0 bridgehead atoms. The number of aromatic amines is 1. The van der Waals surface area contributed by atoms with Gasteiger partial charge in [-0.2, -0.15) is 0 Å². The second-order valence-corrected chi connectivity index (χ2v) is 7.44. The molecule has 0 spiro atoms. The molecular formula is C20H22FN7O2. The van der Waals surface area contributed by atoms with Gasteiger partial charge in [0.25, 0.3) is 0 Å². The zero-order valence-corrected chi connectivity index (χ0v) is 16.3. The minimum absolute atomic E-state index is 0.0523. The van der Waals surface area contributed by atoms with Crippen LogP contribution in [0, 0.1) is 5.82 Å². The van der Waals surface area contributed by atoms with Crippen molar-refractivity contribution in [3.8, 4) is 11.6 Å². The normalized spacial score (nSPS) is 15.4. The first-order valence-corrected chi connectivity index (χ1v) is 10.1. The van der Waals surface area contributed by atoms with Crippen LogP contribution < -0.4 is 11.4 Å². The van der Waals surface area contributed by atoms with E-state index in [9.17, 15) is 9.18 Å². The fraction of sp³-hybridized carbons (Fsp3) is 0.400. The van der Waals surface area contributed by atoms with Crippen LogP contribution in [0.15, 0.2) is 29.2 Å². The number of benzene rings is 1. The molecule has 0 unspecified atom stereocenters. The van der Waals surface area contributed by atoms with Gasteiger partial charge in [0.1, 0.15) is 11.3 Å². The average molecular weight is 411 g/mol. The molecule has 0 atom stereocenters. The van der Waals surface area contributed by atoms with E-state index in [0.717, 1.165) is 12.8 Å². The van der Waals surface area contributed by atoms with E-state index in [1.165, 1.54) is 12.1 Å². The van der Waals surface area contributed by atoms with Crippen molar-refractivity contribution in [3.05, 3.63) is 40.7 Å². The average Bonchev–Trinajstić information content (AvgIpc) is 3.30. The third-order valence-corrected chi connectivity index (χ3v) is 5.50. The third-order valence-electron chi connectivity index (χ3n) is 5.50. The zero-order valence-electron chi connectivity index (χ0n) is 16.3. The van der Waals surface area contributed by atoms with Gasteiger partial charge in [-0.3, -0.25) is 9.13 Å². The molecule has 4 heterocycles. The molecule has 1 aliphatic rings. The Hall–Kier alpha value is -3.11. The lowest BCUT2D eigenvalue weighted by Crippen LogP contribution is -2.31. The molecule has 5 rings (SSSR count). The molecule has 156 valence electrons. The number of nitrogens with one attached hydrogen (secondary N) is 1. The van der Waals surface area contributed by atoms with E-state index >= 15 is 0 Å². The molecule has 1 aromatic carbocycles. The van der Waals surface area contributed by atoms with Crippen molar-refractivity contribution in [1.82, 2.24) is 29.1 Å². The van der Waals surface area contributed by atoms with Crippen LogP contribution in [0.4, 0.5) is 4.39 Å². The molecule has 0 amide bonds. The fourth-order valence-electron chi connectivity index (χ4n) is 4.01. The van der Waals surface area contributed by atoms with E-state index in [0.29, 0.717) is 66.6 Å². The van der Waals surface area contributed by atoms with Crippen molar-refractivity contribution < 1.29 is 9.13 Å². The van der Waals surface area contributed by atoms with Gasteiger partial charge in [-0.25, -0.2) is 24.1 Å².